The van der Waals surface area contributed by atoms with Crippen molar-refractivity contribution in [2.45, 2.75) is 31.5 Å². The molecule has 0 amide bonds. The zero-order valence-electron chi connectivity index (χ0n) is 12.8. The van der Waals surface area contributed by atoms with Crippen LogP contribution in [0.1, 0.15) is 19.4 Å². The molecule has 5 heteroatoms. The van der Waals surface area contributed by atoms with Crippen molar-refractivity contribution in [3.05, 3.63) is 42.0 Å². The van der Waals surface area contributed by atoms with Crippen LogP contribution in [-0.4, -0.2) is 28.8 Å². The van der Waals surface area contributed by atoms with E-state index in [1.165, 1.54) is 5.56 Å². The molecule has 2 N–H and O–H groups in total. The minimum absolute atomic E-state index is 0.312. The van der Waals surface area contributed by atoms with Gasteiger partial charge in [0.15, 0.2) is 5.16 Å². The van der Waals surface area contributed by atoms with Crippen LogP contribution in [0.2, 0.25) is 0 Å². The molecule has 0 fully saturated rings. The number of rotatable bonds is 7. The van der Waals surface area contributed by atoms with Crippen LogP contribution >= 0.6 is 11.8 Å². The second-order valence-electron chi connectivity index (χ2n) is 4.89. The number of anilines is 2. The molecule has 0 aliphatic rings. The summed E-state index contributed by atoms with van der Waals surface area (Å²) in [7, 11) is 0. The predicted octanol–water partition coefficient (Wildman–Crippen LogP) is 3.67. The molecular formula is C16H22N4S. The third kappa shape index (κ3) is 4.93. The first-order chi connectivity index (χ1) is 10.2. The largest absolute Gasteiger partial charge is 0.370 e. The molecule has 0 saturated carbocycles. The molecule has 112 valence electrons. The Balaban J connectivity index is 2.05. The summed E-state index contributed by atoms with van der Waals surface area (Å²) in [4.78, 5) is 8.95. The summed E-state index contributed by atoms with van der Waals surface area (Å²) in [6.45, 7) is 5.08. The second kappa shape index (κ2) is 7.88. The summed E-state index contributed by atoms with van der Waals surface area (Å²) in [5, 5.41) is 7.48. The van der Waals surface area contributed by atoms with Crippen molar-refractivity contribution in [3.63, 3.8) is 0 Å². The second-order valence-corrected chi connectivity index (χ2v) is 5.66. The number of nitrogens with one attached hydrogen (secondary N) is 2. The van der Waals surface area contributed by atoms with Gasteiger partial charge in [0.1, 0.15) is 11.6 Å². The van der Waals surface area contributed by atoms with E-state index in [2.05, 4.69) is 58.7 Å². The van der Waals surface area contributed by atoms with E-state index in [0.29, 0.717) is 6.04 Å². The normalized spacial score (nSPS) is 12.0. The van der Waals surface area contributed by atoms with Gasteiger partial charge in [-0.15, -0.1) is 0 Å². The highest BCUT2D eigenvalue weighted by atomic mass is 32.2. The van der Waals surface area contributed by atoms with E-state index in [9.17, 15) is 0 Å². The predicted molar refractivity (Wildman–Crippen MR) is 91.2 cm³/mol. The van der Waals surface area contributed by atoms with E-state index in [0.717, 1.165) is 29.8 Å². The summed E-state index contributed by atoms with van der Waals surface area (Å²) in [5.41, 5.74) is 1.32. The summed E-state index contributed by atoms with van der Waals surface area (Å²) >= 11 is 1.55. The van der Waals surface area contributed by atoms with Gasteiger partial charge >= 0.3 is 0 Å². The van der Waals surface area contributed by atoms with Gasteiger partial charge in [-0.3, -0.25) is 0 Å². The van der Waals surface area contributed by atoms with Crippen LogP contribution in [0.3, 0.4) is 0 Å². The maximum Gasteiger partial charge on any atom is 0.191 e. The zero-order valence-corrected chi connectivity index (χ0v) is 13.6. The minimum atomic E-state index is 0.312. The van der Waals surface area contributed by atoms with Gasteiger partial charge in [0.25, 0.3) is 0 Å². The Morgan fingerprint density at radius 3 is 2.52 bits per heavy atom. The molecule has 0 aliphatic carbocycles. The highest BCUT2D eigenvalue weighted by molar-refractivity contribution is 7.98. The molecular weight excluding hydrogens is 280 g/mol. The van der Waals surface area contributed by atoms with Gasteiger partial charge < -0.3 is 10.6 Å². The molecule has 1 aromatic heterocycles. The van der Waals surface area contributed by atoms with Gasteiger partial charge in [-0.1, -0.05) is 42.1 Å². The molecule has 2 rings (SSSR count). The molecule has 0 bridgehead atoms. The molecule has 1 unspecified atom stereocenters. The Morgan fingerprint density at radius 1 is 1.14 bits per heavy atom. The van der Waals surface area contributed by atoms with Crippen molar-refractivity contribution < 1.29 is 0 Å². The SMILES string of the molecule is CCNc1cc(NC(C)Cc2ccccc2)nc(SC)n1. The monoisotopic (exact) mass is 302 g/mol. The van der Waals surface area contributed by atoms with Crippen molar-refractivity contribution in [2.24, 2.45) is 0 Å². The van der Waals surface area contributed by atoms with Crippen LogP contribution in [0.25, 0.3) is 0 Å². The Labute approximate surface area is 130 Å². The third-order valence-corrected chi connectivity index (χ3v) is 3.57. The van der Waals surface area contributed by atoms with E-state index in [1.807, 2.05) is 18.4 Å². The molecule has 4 nitrogen and oxygen atoms in total. The van der Waals surface area contributed by atoms with Crippen molar-refractivity contribution in [1.82, 2.24) is 9.97 Å². The zero-order chi connectivity index (χ0) is 15.1. The molecule has 1 atom stereocenters. The number of aromatic nitrogens is 2. The van der Waals surface area contributed by atoms with Crippen molar-refractivity contribution in [1.29, 1.82) is 0 Å². The molecule has 0 saturated heterocycles. The maximum atomic E-state index is 4.52. The van der Waals surface area contributed by atoms with Gasteiger partial charge in [0.05, 0.1) is 0 Å². The standard InChI is InChI=1S/C16H22N4S/c1-4-17-14-11-15(20-16(19-14)21-3)18-12(2)10-13-8-6-5-7-9-13/h5-9,11-12H,4,10H2,1-3H3,(H2,17,18,19,20). The number of nitrogens with zero attached hydrogens (tertiary/aromatic N) is 2. The van der Waals surface area contributed by atoms with Gasteiger partial charge in [0.2, 0.25) is 0 Å². The van der Waals surface area contributed by atoms with Crippen LogP contribution in [-0.2, 0) is 6.42 Å². The van der Waals surface area contributed by atoms with Crippen LogP contribution in [0, 0.1) is 0 Å². The Hall–Kier alpha value is -1.75. The lowest BCUT2D eigenvalue weighted by Crippen LogP contribution is -2.19. The van der Waals surface area contributed by atoms with E-state index < -0.39 is 0 Å². The van der Waals surface area contributed by atoms with Crippen molar-refractivity contribution in [2.75, 3.05) is 23.4 Å². The lowest BCUT2D eigenvalue weighted by atomic mass is 10.1. The van der Waals surface area contributed by atoms with E-state index in [4.69, 9.17) is 0 Å². The van der Waals surface area contributed by atoms with Gasteiger partial charge in [-0.25, -0.2) is 9.97 Å². The molecule has 1 aromatic carbocycles. The summed E-state index contributed by atoms with van der Waals surface area (Å²) in [5.74, 6) is 1.74. The number of thioether (sulfide) groups is 1. The van der Waals surface area contributed by atoms with Crippen molar-refractivity contribution in [3.8, 4) is 0 Å². The molecule has 0 spiro atoms. The first-order valence-corrected chi connectivity index (χ1v) is 8.41. The number of hydrogen-bond acceptors (Lipinski definition) is 5. The average molecular weight is 302 g/mol. The van der Waals surface area contributed by atoms with Gasteiger partial charge in [-0.2, -0.15) is 0 Å². The Bertz CT molecular complexity index is 559. The molecule has 1 heterocycles. The molecule has 0 radical (unpaired) electrons. The smallest absolute Gasteiger partial charge is 0.191 e. The van der Waals surface area contributed by atoms with Crippen LogP contribution in [0.5, 0.6) is 0 Å². The Morgan fingerprint density at radius 2 is 1.86 bits per heavy atom. The first kappa shape index (κ1) is 15.6. The summed E-state index contributed by atoms with van der Waals surface area (Å²) in [6.07, 6.45) is 2.96. The summed E-state index contributed by atoms with van der Waals surface area (Å²) < 4.78 is 0. The van der Waals surface area contributed by atoms with E-state index in [1.54, 1.807) is 11.8 Å². The van der Waals surface area contributed by atoms with Crippen LogP contribution < -0.4 is 10.6 Å². The minimum Gasteiger partial charge on any atom is -0.370 e. The first-order valence-electron chi connectivity index (χ1n) is 7.18. The lowest BCUT2D eigenvalue weighted by Gasteiger charge is -2.16. The van der Waals surface area contributed by atoms with Crippen LogP contribution in [0.15, 0.2) is 41.6 Å². The van der Waals surface area contributed by atoms with Gasteiger partial charge in [-0.05, 0) is 32.1 Å². The third-order valence-electron chi connectivity index (χ3n) is 3.03. The number of hydrogen-bond donors (Lipinski definition) is 2. The van der Waals surface area contributed by atoms with E-state index in [-0.39, 0.29) is 0 Å². The average Bonchev–Trinajstić information content (AvgIpc) is 2.48. The topological polar surface area (TPSA) is 49.8 Å². The molecule has 0 aliphatic heterocycles. The van der Waals surface area contributed by atoms with Crippen molar-refractivity contribution >= 4 is 23.4 Å². The van der Waals surface area contributed by atoms with Crippen LogP contribution in [0.4, 0.5) is 11.6 Å². The maximum absolute atomic E-state index is 4.52. The quantitative estimate of drug-likeness (QED) is 0.603. The lowest BCUT2D eigenvalue weighted by molar-refractivity contribution is 0.778. The highest BCUT2D eigenvalue weighted by Gasteiger charge is 2.08. The van der Waals surface area contributed by atoms with Gasteiger partial charge in [0, 0.05) is 18.7 Å². The fourth-order valence-electron chi connectivity index (χ4n) is 2.13. The number of benzene rings is 1. The Kier molecular flexibility index (Phi) is 5.87. The summed E-state index contributed by atoms with van der Waals surface area (Å²) in [6, 6.07) is 12.8. The fraction of sp³-hybridized carbons (Fsp3) is 0.375. The molecule has 2 aromatic rings. The highest BCUT2D eigenvalue weighted by Crippen LogP contribution is 2.18. The fourth-order valence-corrected chi connectivity index (χ4v) is 2.51. The molecule has 21 heavy (non-hydrogen) atoms. The van der Waals surface area contributed by atoms with E-state index >= 15 is 0 Å².